The van der Waals surface area contributed by atoms with E-state index in [1.165, 1.54) is 25.3 Å². The van der Waals surface area contributed by atoms with Gasteiger partial charge in [0.1, 0.15) is 5.69 Å². The van der Waals surface area contributed by atoms with Crippen molar-refractivity contribution in [2.45, 2.75) is 12.8 Å². The van der Waals surface area contributed by atoms with Gasteiger partial charge in [-0.2, -0.15) is 0 Å². The number of benzene rings is 1. The number of piperidine rings is 1. The van der Waals surface area contributed by atoms with Gasteiger partial charge in [0.2, 0.25) is 0 Å². The van der Waals surface area contributed by atoms with E-state index in [9.17, 15) is 20.0 Å². The molecule has 0 atom stereocenters. The van der Waals surface area contributed by atoms with Crippen LogP contribution in [0.1, 0.15) is 18.4 Å². The minimum atomic E-state index is -0.511. The highest BCUT2D eigenvalue weighted by atomic mass is 16.6. The van der Waals surface area contributed by atoms with Crippen LogP contribution in [0.3, 0.4) is 0 Å². The van der Waals surface area contributed by atoms with Gasteiger partial charge in [-0.25, -0.2) is 4.79 Å². The Kier molecular flexibility index (Phi) is 5.70. The van der Waals surface area contributed by atoms with E-state index < -0.39 is 10.9 Å². The van der Waals surface area contributed by atoms with Gasteiger partial charge in [-0.1, -0.05) is 6.07 Å². The van der Waals surface area contributed by atoms with Crippen molar-refractivity contribution in [2.24, 2.45) is 5.92 Å². The zero-order valence-corrected chi connectivity index (χ0v) is 13.0. The Bertz CT molecular complexity index is 606. The Hall–Kier alpha value is -2.41. The summed E-state index contributed by atoms with van der Waals surface area (Å²) in [7, 11) is 1.27. The SMILES string of the molecule is COC(=O)/C=C/c1ccc(N2CCC(CO)CC2)c([N+](=O)[O-])c1. The molecule has 1 fully saturated rings. The standard InChI is InChI=1S/C16H20N2O5/c1-23-16(20)5-3-12-2-4-14(15(10-12)18(21)22)17-8-6-13(11-19)7-9-17/h2-5,10,13,19H,6-9,11H2,1H3/b5-3+. The molecular formula is C16H20N2O5. The van der Waals surface area contributed by atoms with E-state index >= 15 is 0 Å². The van der Waals surface area contributed by atoms with E-state index in [-0.39, 0.29) is 18.2 Å². The molecule has 0 aromatic heterocycles. The summed E-state index contributed by atoms with van der Waals surface area (Å²) in [6.45, 7) is 1.53. The van der Waals surface area contributed by atoms with Crippen molar-refractivity contribution in [3.63, 3.8) is 0 Å². The van der Waals surface area contributed by atoms with Crippen LogP contribution in [-0.2, 0) is 9.53 Å². The predicted octanol–water partition coefficient (Wildman–Crippen LogP) is 1.99. The summed E-state index contributed by atoms with van der Waals surface area (Å²) in [5, 5.41) is 20.5. The number of ether oxygens (including phenoxy) is 1. The molecule has 7 nitrogen and oxygen atoms in total. The first-order valence-electron chi connectivity index (χ1n) is 7.45. The maximum absolute atomic E-state index is 11.4. The number of aliphatic hydroxyl groups excluding tert-OH is 1. The number of esters is 1. The van der Waals surface area contributed by atoms with Crippen molar-refractivity contribution in [1.29, 1.82) is 0 Å². The third-order valence-electron chi connectivity index (χ3n) is 4.02. The third-order valence-corrected chi connectivity index (χ3v) is 4.02. The number of anilines is 1. The lowest BCUT2D eigenvalue weighted by Crippen LogP contribution is -2.35. The fourth-order valence-electron chi connectivity index (χ4n) is 2.65. The number of hydrogen-bond donors (Lipinski definition) is 1. The van der Waals surface area contributed by atoms with Gasteiger partial charge in [0, 0.05) is 31.8 Å². The molecular weight excluding hydrogens is 300 g/mol. The highest BCUT2D eigenvalue weighted by Gasteiger charge is 2.24. The second-order valence-corrected chi connectivity index (χ2v) is 5.47. The second-order valence-electron chi connectivity index (χ2n) is 5.47. The van der Waals surface area contributed by atoms with Gasteiger partial charge in [-0.3, -0.25) is 10.1 Å². The van der Waals surface area contributed by atoms with Gasteiger partial charge in [0.05, 0.1) is 12.0 Å². The van der Waals surface area contributed by atoms with Crippen LogP contribution >= 0.6 is 0 Å². The fourth-order valence-corrected chi connectivity index (χ4v) is 2.65. The minimum Gasteiger partial charge on any atom is -0.466 e. The zero-order chi connectivity index (χ0) is 16.8. The number of carbonyl (C=O) groups is 1. The van der Waals surface area contributed by atoms with Crippen LogP contribution in [0.4, 0.5) is 11.4 Å². The number of rotatable bonds is 5. The summed E-state index contributed by atoms with van der Waals surface area (Å²) < 4.78 is 4.50. The molecule has 1 aliphatic heterocycles. The van der Waals surface area contributed by atoms with E-state index in [1.807, 2.05) is 4.90 Å². The molecule has 0 spiro atoms. The molecule has 7 heteroatoms. The first-order valence-corrected chi connectivity index (χ1v) is 7.45. The lowest BCUT2D eigenvalue weighted by molar-refractivity contribution is -0.384. The average Bonchev–Trinajstić information content (AvgIpc) is 2.59. The highest BCUT2D eigenvalue weighted by molar-refractivity contribution is 5.87. The Balaban J connectivity index is 2.22. The van der Waals surface area contributed by atoms with Gasteiger partial charge in [-0.15, -0.1) is 0 Å². The van der Waals surface area contributed by atoms with Gasteiger partial charge < -0.3 is 14.7 Å². The summed E-state index contributed by atoms with van der Waals surface area (Å²) in [5.41, 5.74) is 1.15. The summed E-state index contributed by atoms with van der Waals surface area (Å²) in [6.07, 6.45) is 4.35. The Morgan fingerprint density at radius 2 is 2.17 bits per heavy atom. The first kappa shape index (κ1) is 17.0. The lowest BCUT2D eigenvalue weighted by Gasteiger charge is -2.32. The monoisotopic (exact) mass is 320 g/mol. The summed E-state index contributed by atoms with van der Waals surface area (Å²) in [6, 6.07) is 4.89. The van der Waals surface area contributed by atoms with E-state index in [1.54, 1.807) is 12.1 Å². The molecule has 0 radical (unpaired) electrons. The zero-order valence-electron chi connectivity index (χ0n) is 13.0. The Morgan fingerprint density at radius 3 is 2.74 bits per heavy atom. The molecule has 2 rings (SSSR count). The number of nitro benzene ring substituents is 1. The number of aliphatic hydroxyl groups is 1. The number of nitro groups is 1. The van der Waals surface area contributed by atoms with Gasteiger partial charge in [-0.05, 0) is 36.5 Å². The summed E-state index contributed by atoms with van der Waals surface area (Å²) in [5.74, 6) is -0.240. The molecule has 1 aliphatic rings. The van der Waals surface area contributed by atoms with Crippen molar-refractivity contribution >= 4 is 23.4 Å². The molecule has 1 heterocycles. The Morgan fingerprint density at radius 1 is 1.48 bits per heavy atom. The van der Waals surface area contributed by atoms with Crippen molar-refractivity contribution in [3.05, 3.63) is 40.0 Å². The molecule has 0 unspecified atom stereocenters. The van der Waals surface area contributed by atoms with Crippen LogP contribution in [0.5, 0.6) is 0 Å². The van der Waals surface area contributed by atoms with Crippen molar-refractivity contribution in [3.8, 4) is 0 Å². The fraction of sp³-hybridized carbons (Fsp3) is 0.438. The lowest BCUT2D eigenvalue weighted by atomic mass is 9.97. The number of nitrogens with zero attached hydrogens (tertiary/aromatic N) is 2. The molecule has 0 amide bonds. The molecule has 23 heavy (non-hydrogen) atoms. The van der Waals surface area contributed by atoms with Crippen LogP contribution in [0.25, 0.3) is 6.08 Å². The van der Waals surface area contributed by atoms with Crippen LogP contribution in [-0.4, -0.2) is 42.8 Å². The maximum atomic E-state index is 11.4. The molecule has 0 bridgehead atoms. The summed E-state index contributed by atoms with van der Waals surface area (Å²) >= 11 is 0. The normalized spacial score (nSPS) is 15.8. The quantitative estimate of drug-likeness (QED) is 0.386. The molecule has 0 saturated carbocycles. The van der Waals surface area contributed by atoms with Crippen LogP contribution in [0.2, 0.25) is 0 Å². The Labute approximate surface area is 134 Å². The molecule has 1 N–H and O–H groups in total. The van der Waals surface area contributed by atoms with E-state index in [2.05, 4.69) is 4.74 Å². The third kappa shape index (κ3) is 4.29. The number of carbonyl (C=O) groups excluding carboxylic acids is 1. The topological polar surface area (TPSA) is 92.9 Å². The minimum absolute atomic E-state index is 0.0134. The van der Waals surface area contributed by atoms with Crippen LogP contribution in [0, 0.1) is 16.0 Å². The van der Waals surface area contributed by atoms with Gasteiger partial charge in [0.25, 0.3) is 5.69 Å². The van der Waals surface area contributed by atoms with Crippen molar-refractivity contribution in [2.75, 3.05) is 31.7 Å². The highest BCUT2D eigenvalue weighted by Crippen LogP contribution is 2.32. The number of hydrogen-bond acceptors (Lipinski definition) is 6. The smallest absolute Gasteiger partial charge is 0.330 e. The molecule has 1 aromatic rings. The predicted molar refractivity (Wildman–Crippen MR) is 86.2 cm³/mol. The van der Waals surface area contributed by atoms with E-state index in [0.717, 1.165) is 12.8 Å². The molecule has 124 valence electrons. The molecule has 1 aromatic carbocycles. The van der Waals surface area contributed by atoms with Crippen molar-refractivity contribution in [1.82, 2.24) is 0 Å². The van der Waals surface area contributed by atoms with Gasteiger partial charge in [0.15, 0.2) is 0 Å². The average molecular weight is 320 g/mol. The van der Waals surface area contributed by atoms with E-state index in [0.29, 0.717) is 24.3 Å². The van der Waals surface area contributed by atoms with Crippen molar-refractivity contribution < 1.29 is 19.6 Å². The maximum Gasteiger partial charge on any atom is 0.330 e. The van der Waals surface area contributed by atoms with Crippen LogP contribution < -0.4 is 4.90 Å². The molecule has 0 aliphatic carbocycles. The first-order chi connectivity index (χ1) is 11.0. The largest absolute Gasteiger partial charge is 0.466 e. The molecule has 1 saturated heterocycles. The van der Waals surface area contributed by atoms with Crippen LogP contribution in [0.15, 0.2) is 24.3 Å². The second kappa shape index (κ2) is 7.73. The number of methoxy groups -OCH3 is 1. The van der Waals surface area contributed by atoms with Gasteiger partial charge >= 0.3 is 5.97 Å². The summed E-state index contributed by atoms with van der Waals surface area (Å²) in [4.78, 5) is 24.0. The van der Waals surface area contributed by atoms with E-state index in [4.69, 9.17) is 0 Å².